The third-order valence-electron chi connectivity index (χ3n) is 7.21. The van der Waals surface area contributed by atoms with Crippen LogP contribution in [0.4, 0.5) is 5.69 Å². The van der Waals surface area contributed by atoms with E-state index < -0.39 is 5.56 Å². The molecule has 3 saturated carbocycles. The molecule has 3 aliphatic carbocycles. The summed E-state index contributed by atoms with van der Waals surface area (Å²) in [7, 11) is 0. The zero-order valence-electron chi connectivity index (χ0n) is 17.6. The van der Waals surface area contributed by atoms with Crippen molar-refractivity contribution in [1.82, 2.24) is 20.1 Å². The van der Waals surface area contributed by atoms with Crippen LogP contribution in [0.15, 0.2) is 35.5 Å². The van der Waals surface area contributed by atoms with Crippen LogP contribution in [0.1, 0.15) is 39.2 Å². The van der Waals surface area contributed by atoms with Crippen molar-refractivity contribution in [3.8, 4) is 0 Å². The van der Waals surface area contributed by atoms with E-state index in [1.807, 2.05) is 12.1 Å². The molecule has 0 saturated heterocycles. The van der Waals surface area contributed by atoms with Crippen molar-refractivity contribution in [3.05, 3.63) is 51.7 Å². The van der Waals surface area contributed by atoms with Crippen LogP contribution in [0.25, 0.3) is 0 Å². The number of rotatable bonds is 6. The molecule has 8 heteroatoms. The number of pyridine rings is 1. The standard InChI is InChI=1S/C22H28ClN5O2/c1-13-16-8-15(22(16,2)3)9-17(13)27-18-11-26-28(21(30)20(18)23)12-19(29)25-10-14-4-6-24-7-5-14/h4-7,11,13,15-17,27H,8-10,12H2,1-3H3,(H,25,29)/t13-,15+,16+,17+/m0/s1. The van der Waals surface area contributed by atoms with Crippen LogP contribution in [0, 0.1) is 23.2 Å². The second kappa shape index (κ2) is 8.02. The minimum absolute atomic E-state index is 0.0811. The van der Waals surface area contributed by atoms with Crippen molar-refractivity contribution in [2.45, 2.75) is 52.7 Å². The fourth-order valence-electron chi connectivity index (χ4n) is 5.11. The summed E-state index contributed by atoms with van der Waals surface area (Å²) < 4.78 is 1.10. The highest BCUT2D eigenvalue weighted by molar-refractivity contribution is 6.32. The number of nitrogens with one attached hydrogen (secondary N) is 2. The minimum Gasteiger partial charge on any atom is -0.379 e. The van der Waals surface area contributed by atoms with Crippen molar-refractivity contribution in [2.75, 3.05) is 5.32 Å². The van der Waals surface area contributed by atoms with Gasteiger partial charge in [0.2, 0.25) is 5.91 Å². The van der Waals surface area contributed by atoms with Crippen LogP contribution in [0.2, 0.25) is 5.02 Å². The van der Waals surface area contributed by atoms with Crippen molar-refractivity contribution < 1.29 is 4.79 Å². The van der Waals surface area contributed by atoms with Crippen LogP contribution in [-0.4, -0.2) is 26.7 Å². The SMILES string of the molecule is C[C@H]1[C@H]2C[C@H](C[C@H]1Nc1cnn(CC(=O)NCc3ccncc3)c(=O)c1Cl)C2(C)C. The van der Waals surface area contributed by atoms with E-state index in [9.17, 15) is 9.59 Å². The largest absolute Gasteiger partial charge is 0.379 e. The summed E-state index contributed by atoms with van der Waals surface area (Å²) in [6.07, 6.45) is 7.24. The number of hydrogen-bond donors (Lipinski definition) is 2. The number of carbonyl (C=O) groups excluding carboxylic acids is 1. The molecule has 160 valence electrons. The molecule has 30 heavy (non-hydrogen) atoms. The monoisotopic (exact) mass is 429 g/mol. The molecular weight excluding hydrogens is 402 g/mol. The molecular formula is C22H28ClN5O2. The Balaban J connectivity index is 1.39. The number of nitrogens with zero attached hydrogens (tertiary/aromatic N) is 3. The third-order valence-corrected chi connectivity index (χ3v) is 7.58. The fourth-order valence-corrected chi connectivity index (χ4v) is 5.31. The van der Waals surface area contributed by atoms with Crippen LogP contribution in [0.5, 0.6) is 0 Å². The first kappa shape index (κ1) is 20.8. The molecule has 1 amide bonds. The van der Waals surface area contributed by atoms with Gasteiger partial charge in [-0.15, -0.1) is 0 Å². The summed E-state index contributed by atoms with van der Waals surface area (Å²) in [4.78, 5) is 28.8. The topological polar surface area (TPSA) is 88.9 Å². The highest BCUT2D eigenvalue weighted by Crippen LogP contribution is 2.61. The molecule has 0 aromatic carbocycles. The Labute approximate surface area is 181 Å². The van der Waals surface area contributed by atoms with E-state index >= 15 is 0 Å². The average molecular weight is 430 g/mol. The summed E-state index contributed by atoms with van der Waals surface area (Å²) in [5, 5.41) is 10.5. The highest BCUT2D eigenvalue weighted by Gasteiger charge is 2.56. The molecule has 2 N–H and O–H groups in total. The molecule has 3 aliphatic rings. The molecule has 2 bridgehead atoms. The van der Waals surface area contributed by atoms with E-state index in [0.717, 1.165) is 16.7 Å². The number of anilines is 1. The lowest BCUT2D eigenvalue weighted by Crippen LogP contribution is -2.58. The van der Waals surface area contributed by atoms with Crippen LogP contribution in [0.3, 0.4) is 0 Å². The van der Waals surface area contributed by atoms with Gasteiger partial charge in [-0.25, -0.2) is 4.68 Å². The predicted molar refractivity (Wildman–Crippen MR) is 116 cm³/mol. The van der Waals surface area contributed by atoms with Crippen LogP contribution < -0.4 is 16.2 Å². The number of fused-ring (bicyclic) bond motifs is 2. The van der Waals surface area contributed by atoms with Crippen molar-refractivity contribution in [1.29, 1.82) is 0 Å². The zero-order chi connectivity index (χ0) is 21.5. The first-order valence-corrected chi connectivity index (χ1v) is 10.8. The van der Waals surface area contributed by atoms with Crippen molar-refractivity contribution in [2.24, 2.45) is 23.2 Å². The molecule has 5 rings (SSSR count). The lowest BCUT2D eigenvalue weighted by molar-refractivity contribution is -0.122. The first-order chi connectivity index (χ1) is 14.3. The summed E-state index contributed by atoms with van der Waals surface area (Å²) in [6, 6.07) is 3.92. The summed E-state index contributed by atoms with van der Waals surface area (Å²) in [5.41, 5.74) is 1.41. The van der Waals surface area contributed by atoms with Crippen molar-refractivity contribution in [3.63, 3.8) is 0 Å². The van der Waals surface area contributed by atoms with Gasteiger partial charge in [0.05, 0.1) is 11.9 Å². The summed E-state index contributed by atoms with van der Waals surface area (Å²) in [6.45, 7) is 7.17. The molecule has 0 spiro atoms. The number of aromatic nitrogens is 3. The summed E-state index contributed by atoms with van der Waals surface area (Å²) in [5.74, 6) is 1.58. The Morgan fingerprint density at radius 3 is 2.70 bits per heavy atom. The molecule has 2 heterocycles. The van der Waals surface area contributed by atoms with Gasteiger partial charge in [0.25, 0.3) is 5.56 Å². The lowest BCUT2D eigenvalue weighted by atomic mass is 9.45. The second-order valence-electron chi connectivity index (χ2n) is 9.17. The maximum absolute atomic E-state index is 12.6. The van der Waals surface area contributed by atoms with Gasteiger partial charge in [-0.1, -0.05) is 32.4 Å². The number of carbonyl (C=O) groups is 1. The Hall–Kier alpha value is -2.41. The van der Waals surface area contributed by atoms with Gasteiger partial charge < -0.3 is 10.6 Å². The van der Waals surface area contributed by atoms with E-state index in [0.29, 0.717) is 35.4 Å². The van der Waals surface area contributed by atoms with E-state index in [1.54, 1.807) is 18.6 Å². The molecule has 0 unspecified atom stereocenters. The van der Waals surface area contributed by atoms with Gasteiger partial charge in [0, 0.05) is 25.0 Å². The van der Waals surface area contributed by atoms with Gasteiger partial charge in [-0.3, -0.25) is 14.6 Å². The quantitative estimate of drug-likeness (QED) is 0.736. The molecule has 3 fully saturated rings. The molecule has 2 aromatic rings. The predicted octanol–water partition coefficient (Wildman–Crippen LogP) is 3.09. The van der Waals surface area contributed by atoms with Gasteiger partial charge in [0.15, 0.2) is 0 Å². The summed E-state index contributed by atoms with van der Waals surface area (Å²) >= 11 is 6.35. The zero-order valence-corrected chi connectivity index (χ0v) is 18.3. The Bertz CT molecular complexity index is 991. The van der Waals surface area contributed by atoms with E-state index in [2.05, 4.69) is 41.5 Å². The Morgan fingerprint density at radius 1 is 1.30 bits per heavy atom. The number of amides is 1. The van der Waals surface area contributed by atoms with Crippen LogP contribution in [-0.2, 0) is 17.9 Å². The highest BCUT2D eigenvalue weighted by atomic mass is 35.5. The van der Waals surface area contributed by atoms with Crippen LogP contribution >= 0.6 is 11.6 Å². The maximum atomic E-state index is 12.6. The Morgan fingerprint density at radius 2 is 2.03 bits per heavy atom. The fraction of sp³-hybridized carbons (Fsp3) is 0.545. The third kappa shape index (κ3) is 3.83. The van der Waals surface area contributed by atoms with Gasteiger partial charge in [0.1, 0.15) is 11.6 Å². The maximum Gasteiger partial charge on any atom is 0.288 e. The minimum atomic E-state index is -0.463. The van der Waals surface area contributed by atoms with Gasteiger partial charge in [-0.05, 0) is 53.7 Å². The normalized spacial score (nSPS) is 26.5. The second-order valence-corrected chi connectivity index (χ2v) is 9.55. The molecule has 0 radical (unpaired) electrons. The lowest BCUT2D eigenvalue weighted by Gasteiger charge is -2.62. The van der Waals surface area contributed by atoms with E-state index in [1.165, 1.54) is 6.42 Å². The molecule has 4 atom stereocenters. The van der Waals surface area contributed by atoms with Gasteiger partial charge in [-0.2, -0.15) is 5.10 Å². The first-order valence-electron chi connectivity index (χ1n) is 10.4. The molecule has 2 aromatic heterocycles. The van der Waals surface area contributed by atoms with Crippen molar-refractivity contribution >= 4 is 23.2 Å². The van der Waals surface area contributed by atoms with E-state index in [4.69, 9.17) is 11.6 Å². The Kier molecular flexibility index (Phi) is 5.57. The molecule has 0 aliphatic heterocycles. The number of halogens is 1. The van der Waals surface area contributed by atoms with E-state index in [-0.39, 0.29) is 23.5 Å². The average Bonchev–Trinajstić information content (AvgIpc) is 2.73. The number of hydrogen-bond acceptors (Lipinski definition) is 5. The van der Waals surface area contributed by atoms with Gasteiger partial charge >= 0.3 is 0 Å². The smallest absolute Gasteiger partial charge is 0.288 e. The molecule has 7 nitrogen and oxygen atoms in total.